The molecule has 1 fully saturated rings. The van der Waals surface area contributed by atoms with Crippen molar-refractivity contribution in [3.05, 3.63) is 16.3 Å². The van der Waals surface area contributed by atoms with E-state index in [1.165, 1.54) is 11.3 Å². The van der Waals surface area contributed by atoms with Crippen molar-refractivity contribution in [2.24, 2.45) is 5.92 Å². The van der Waals surface area contributed by atoms with Crippen molar-refractivity contribution in [2.75, 3.05) is 7.11 Å². The zero-order chi connectivity index (χ0) is 8.55. The van der Waals surface area contributed by atoms with Gasteiger partial charge in [0.1, 0.15) is 5.75 Å². The molecule has 1 saturated carbocycles. The molecular weight excluding hydrogens is 172 g/mol. The van der Waals surface area contributed by atoms with Gasteiger partial charge >= 0.3 is 0 Å². The summed E-state index contributed by atoms with van der Waals surface area (Å²) in [4.78, 5) is 12.3. The molecule has 0 saturated heterocycles. The van der Waals surface area contributed by atoms with Gasteiger partial charge < -0.3 is 4.74 Å². The van der Waals surface area contributed by atoms with Crippen molar-refractivity contribution in [3.8, 4) is 5.75 Å². The molecule has 0 aromatic carbocycles. The number of carbonyl (C=O) groups excluding carboxylic acids is 1. The van der Waals surface area contributed by atoms with Gasteiger partial charge in [-0.25, -0.2) is 0 Å². The lowest BCUT2D eigenvalue weighted by molar-refractivity contribution is 0.0971. The van der Waals surface area contributed by atoms with E-state index in [0.29, 0.717) is 11.7 Å². The van der Waals surface area contributed by atoms with Crippen LogP contribution in [0.15, 0.2) is 11.4 Å². The molecule has 0 aliphatic heterocycles. The molecule has 0 bridgehead atoms. The highest BCUT2D eigenvalue weighted by molar-refractivity contribution is 7.12. The van der Waals surface area contributed by atoms with Crippen LogP contribution in [0.25, 0.3) is 0 Å². The molecule has 1 heterocycles. The Kier molecular flexibility index (Phi) is 1.89. The summed E-state index contributed by atoms with van der Waals surface area (Å²) in [7, 11) is 1.62. The Bertz CT molecular complexity index is 299. The summed E-state index contributed by atoms with van der Waals surface area (Å²) in [6, 6.07) is 1.82. The van der Waals surface area contributed by atoms with E-state index in [-0.39, 0.29) is 0 Å². The number of ether oxygens (including phenoxy) is 1. The van der Waals surface area contributed by atoms with Gasteiger partial charge in [0.15, 0.2) is 5.78 Å². The van der Waals surface area contributed by atoms with E-state index in [0.717, 1.165) is 23.5 Å². The smallest absolute Gasteiger partial charge is 0.175 e. The average Bonchev–Trinajstić information content (AvgIpc) is 2.82. The predicted molar refractivity (Wildman–Crippen MR) is 47.9 cm³/mol. The van der Waals surface area contributed by atoms with Gasteiger partial charge in [0.25, 0.3) is 0 Å². The Balaban J connectivity index is 2.16. The van der Waals surface area contributed by atoms with Crippen molar-refractivity contribution in [1.29, 1.82) is 0 Å². The van der Waals surface area contributed by atoms with Crippen LogP contribution in [0.4, 0.5) is 0 Å². The van der Waals surface area contributed by atoms with Gasteiger partial charge in [0.2, 0.25) is 0 Å². The molecule has 0 unspecified atom stereocenters. The zero-order valence-electron chi connectivity index (χ0n) is 6.87. The van der Waals surface area contributed by atoms with Gasteiger partial charge in [-0.05, 0) is 12.8 Å². The summed E-state index contributed by atoms with van der Waals surface area (Å²) in [5.74, 6) is 1.40. The first-order valence-electron chi connectivity index (χ1n) is 3.98. The van der Waals surface area contributed by atoms with E-state index in [9.17, 15) is 4.79 Å². The molecule has 1 aromatic heterocycles. The topological polar surface area (TPSA) is 26.3 Å². The van der Waals surface area contributed by atoms with E-state index < -0.39 is 0 Å². The second-order valence-electron chi connectivity index (χ2n) is 2.99. The van der Waals surface area contributed by atoms with Crippen LogP contribution >= 0.6 is 11.3 Å². The quantitative estimate of drug-likeness (QED) is 0.671. The summed E-state index contributed by atoms with van der Waals surface area (Å²) < 4.78 is 5.00. The lowest BCUT2D eigenvalue weighted by Crippen LogP contribution is -1.97. The van der Waals surface area contributed by atoms with Crippen molar-refractivity contribution >= 4 is 17.1 Å². The highest BCUT2D eigenvalue weighted by Gasteiger charge is 2.31. The Hall–Kier alpha value is -0.830. The van der Waals surface area contributed by atoms with Crippen LogP contribution in [0.5, 0.6) is 5.75 Å². The van der Waals surface area contributed by atoms with Crippen LogP contribution in [0.1, 0.15) is 22.5 Å². The fourth-order valence-electron chi connectivity index (χ4n) is 1.10. The molecular formula is C9H10O2S. The SMILES string of the molecule is COc1csc(C(=O)C2CC2)c1. The molecule has 1 aliphatic carbocycles. The van der Waals surface area contributed by atoms with E-state index in [1.807, 2.05) is 11.4 Å². The average molecular weight is 182 g/mol. The molecule has 0 N–H and O–H groups in total. The van der Waals surface area contributed by atoms with Crippen LogP contribution in [0.3, 0.4) is 0 Å². The molecule has 0 spiro atoms. The highest BCUT2D eigenvalue weighted by Crippen LogP contribution is 2.35. The van der Waals surface area contributed by atoms with Crippen LogP contribution < -0.4 is 4.74 Å². The maximum Gasteiger partial charge on any atom is 0.175 e. The number of methoxy groups -OCH3 is 1. The number of ketones is 1. The molecule has 3 heteroatoms. The number of rotatable bonds is 3. The molecule has 1 aromatic rings. The van der Waals surface area contributed by atoms with E-state index in [2.05, 4.69) is 0 Å². The van der Waals surface area contributed by atoms with E-state index in [1.54, 1.807) is 7.11 Å². The fourth-order valence-corrected chi connectivity index (χ4v) is 1.98. The summed E-state index contributed by atoms with van der Waals surface area (Å²) in [5, 5.41) is 1.87. The van der Waals surface area contributed by atoms with Gasteiger partial charge in [-0.3, -0.25) is 4.79 Å². The van der Waals surface area contributed by atoms with Crippen molar-refractivity contribution in [2.45, 2.75) is 12.8 Å². The van der Waals surface area contributed by atoms with Crippen molar-refractivity contribution in [3.63, 3.8) is 0 Å². The third kappa shape index (κ3) is 1.37. The lowest BCUT2D eigenvalue weighted by atomic mass is 10.2. The Morgan fingerprint density at radius 1 is 1.67 bits per heavy atom. The first-order valence-corrected chi connectivity index (χ1v) is 4.86. The van der Waals surface area contributed by atoms with E-state index >= 15 is 0 Å². The molecule has 0 atom stereocenters. The number of hydrogen-bond acceptors (Lipinski definition) is 3. The Morgan fingerprint density at radius 3 is 2.92 bits per heavy atom. The summed E-state index contributed by atoms with van der Waals surface area (Å²) in [5.41, 5.74) is 0. The number of Topliss-reactive ketones (excluding diaryl/α,β-unsaturated/α-hetero) is 1. The first-order chi connectivity index (χ1) is 5.81. The van der Waals surface area contributed by atoms with Crippen molar-refractivity contribution in [1.82, 2.24) is 0 Å². The highest BCUT2D eigenvalue weighted by atomic mass is 32.1. The predicted octanol–water partition coefficient (Wildman–Crippen LogP) is 2.35. The monoisotopic (exact) mass is 182 g/mol. The van der Waals surface area contributed by atoms with Crippen LogP contribution in [0.2, 0.25) is 0 Å². The summed E-state index contributed by atoms with van der Waals surface area (Å²) in [6.07, 6.45) is 2.14. The second kappa shape index (κ2) is 2.90. The third-order valence-electron chi connectivity index (χ3n) is 2.00. The number of thiophene rings is 1. The minimum absolute atomic E-state index is 0.295. The van der Waals surface area contributed by atoms with Gasteiger partial charge in [-0.15, -0.1) is 11.3 Å². The zero-order valence-corrected chi connectivity index (χ0v) is 7.69. The third-order valence-corrected chi connectivity index (χ3v) is 2.93. The summed E-state index contributed by atoms with van der Waals surface area (Å²) >= 11 is 1.48. The normalized spacial score (nSPS) is 16.1. The first kappa shape index (κ1) is 7.80. The molecule has 2 nitrogen and oxygen atoms in total. The van der Waals surface area contributed by atoms with E-state index in [4.69, 9.17) is 4.74 Å². The maximum absolute atomic E-state index is 11.5. The molecule has 1 aliphatic rings. The van der Waals surface area contributed by atoms with Gasteiger partial charge in [0, 0.05) is 17.4 Å². The van der Waals surface area contributed by atoms with Gasteiger partial charge in [-0.1, -0.05) is 0 Å². The molecule has 0 amide bonds. The Labute approximate surface area is 75.2 Å². The minimum Gasteiger partial charge on any atom is -0.496 e. The fraction of sp³-hybridized carbons (Fsp3) is 0.444. The molecule has 12 heavy (non-hydrogen) atoms. The largest absolute Gasteiger partial charge is 0.496 e. The van der Waals surface area contributed by atoms with Crippen molar-refractivity contribution < 1.29 is 9.53 Å². The molecule has 2 rings (SSSR count). The Morgan fingerprint density at radius 2 is 2.42 bits per heavy atom. The van der Waals surface area contributed by atoms with Crippen LogP contribution in [-0.2, 0) is 0 Å². The van der Waals surface area contributed by atoms with Crippen LogP contribution in [-0.4, -0.2) is 12.9 Å². The number of hydrogen-bond donors (Lipinski definition) is 0. The van der Waals surface area contributed by atoms with Crippen LogP contribution in [0, 0.1) is 5.92 Å². The number of carbonyl (C=O) groups is 1. The van der Waals surface area contributed by atoms with Gasteiger partial charge in [-0.2, -0.15) is 0 Å². The van der Waals surface area contributed by atoms with Gasteiger partial charge in [0.05, 0.1) is 12.0 Å². The lowest BCUT2D eigenvalue weighted by Gasteiger charge is -1.91. The standard InChI is InChI=1S/C9H10O2S/c1-11-7-4-8(12-5-7)9(10)6-2-3-6/h4-6H,2-3H2,1H3. The second-order valence-corrected chi connectivity index (χ2v) is 3.90. The maximum atomic E-state index is 11.5. The summed E-state index contributed by atoms with van der Waals surface area (Å²) in [6.45, 7) is 0. The molecule has 0 radical (unpaired) electrons. The minimum atomic E-state index is 0.295. The molecule has 64 valence electrons.